The van der Waals surface area contributed by atoms with Crippen molar-refractivity contribution in [2.24, 2.45) is 0 Å². The van der Waals surface area contributed by atoms with E-state index in [1.54, 1.807) is 6.92 Å². The molecule has 0 aliphatic carbocycles. The van der Waals surface area contributed by atoms with E-state index in [0.717, 1.165) is 34.5 Å². The van der Waals surface area contributed by atoms with Gasteiger partial charge in [0.25, 0.3) is 0 Å². The molecule has 146 valence electrons. The van der Waals surface area contributed by atoms with Gasteiger partial charge in [-0.3, -0.25) is 0 Å². The fourth-order valence-electron chi connectivity index (χ4n) is 4.00. The van der Waals surface area contributed by atoms with E-state index in [2.05, 4.69) is 61.7 Å². The number of hydrogen-bond acceptors (Lipinski definition) is 1. The van der Waals surface area contributed by atoms with Crippen LogP contribution in [0, 0.1) is 13.8 Å². The zero-order valence-corrected chi connectivity index (χ0v) is 17.3. The molecule has 0 aliphatic heterocycles. The number of aromatic nitrogens is 2. The number of fused-ring (bicyclic) bond motifs is 1. The Balaban J connectivity index is 1.96. The Bertz CT molecular complexity index is 1230. The molecule has 0 fully saturated rings. The van der Waals surface area contributed by atoms with E-state index in [1.165, 1.54) is 22.8 Å². The largest absolute Gasteiger partial charge is 0.324 e. The van der Waals surface area contributed by atoms with Gasteiger partial charge in [-0.15, -0.1) is 0 Å². The molecule has 0 saturated heterocycles. The van der Waals surface area contributed by atoms with Crippen LogP contribution in [0.1, 0.15) is 30.5 Å². The highest BCUT2D eigenvalue weighted by atomic mass is 19.1. The first-order valence-corrected chi connectivity index (χ1v) is 10.0. The molecule has 0 bridgehead atoms. The molecule has 4 aromatic rings. The van der Waals surface area contributed by atoms with Gasteiger partial charge in [0.05, 0.1) is 11.0 Å². The predicted octanol–water partition coefficient (Wildman–Crippen LogP) is 7.34. The lowest BCUT2D eigenvalue weighted by Gasteiger charge is -2.14. The second kappa shape index (κ2) is 7.67. The van der Waals surface area contributed by atoms with Crippen molar-refractivity contribution in [1.29, 1.82) is 0 Å². The highest BCUT2D eigenvalue weighted by Gasteiger charge is 2.17. The van der Waals surface area contributed by atoms with Crippen LogP contribution < -0.4 is 0 Å². The van der Waals surface area contributed by atoms with Crippen molar-refractivity contribution < 1.29 is 4.39 Å². The molecule has 3 aromatic carbocycles. The number of halogens is 1. The van der Waals surface area contributed by atoms with E-state index in [-0.39, 0.29) is 5.83 Å². The summed E-state index contributed by atoms with van der Waals surface area (Å²) in [6.45, 7) is 8.87. The summed E-state index contributed by atoms with van der Waals surface area (Å²) in [5.74, 6) is 0.686. The molecular formula is C26H25FN2. The second-order valence-corrected chi connectivity index (χ2v) is 7.38. The lowest BCUT2D eigenvalue weighted by molar-refractivity contribution is 0.758. The van der Waals surface area contributed by atoms with Crippen LogP contribution in [0.5, 0.6) is 0 Å². The molecule has 0 amide bonds. The summed E-state index contributed by atoms with van der Waals surface area (Å²) in [6, 6.07) is 20.5. The minimum absolute atomic E-state index is 0.227. The molecule has 0 atom stereocenters. The van der Waals surface area contributed by atoms with E-state index in [9.17, 15) is 4.39 Å². The predicted molar refractivity (Wildman–Crippen MR) is 121 cm³/mol. The summed E-state index contributed by atoms with van der Waals surface area (Å²) in [4.78, 5) is 4.93. The monoisotopic (exact) mass is 384 g/mol. The van der Waals surface area contributed by atoms with E-state index in [4.69, 9.17) is 4.98 Å². The van der Waals surface area contributed by atoms with Gasteiger partial charge in [0.15, 0.2) is 0 Å². The number of benzene rings is 3. The zero-order chi connectivity index (χ0) is 20.5. The Labute approximate surface area is 171 Å². The average molecular weight is 384 g/mol. The highest BCUT2D eigenvalue weighted by Crippen LogP contribution is 2.35. The first kappa shape index (κ1) is 19.1. The van der Waals surface area contributed by atoms with Gasteiger partial charge in [-0.1, -0.05) is 54.1 Å². The van der Waals surface area contributed by atoms with Crippen molar-refractivity contribution in [2.45, 2.75) is 34.2 Å². The molecule has 2 nitrogen and oxygen atoms in total. The van der Waals surface area contributed by atoms with E-state index < -0.39 is 0 Å². The molecule has 0 saturated carbocycles. The molecule has 29 heavy (non-hydrogen) atoms. The molecule has 0 N–H and O–H groups in total. The van der Waals surface area contributed by atoms with Gasteiger partial charge >= 0.3 is 0 Å². The minimum atomic E-state index is -0.227. The van der Waals surface area contributed by atoms with Crippen LogP contribution in [0.15, 0.2) is 66.7 Å². The summed E-state index contributed by atoms with van der Waals surface area (Å²) >= 11 is 0. The molecule has 3 heteroatoms. The summed E-state index contributed by atoms with van der Waals surface area (Å²) < 4.78 is 16.3. The molecular weight excluding hydrogens is 359 g/mol. The summed E-state index contributed by atoms with van der Waals surface area (Å²) in [5, 5.41) is 0. The Morgan fingerprint density at radius 3 is 2.41 bits per heavy atom. The molecule has 0 aliphatic rings. The van der Waals surface area contributed by atoms with Crippen molar-refractivity contribution in [3.05, 3.63) is 83.4 Å². The Morgan fingerprint density at radius 2 is 1.72 bits per heavy atom. The molecule has 0 radical (unpaired) electrons. The third-order valence-corrected chi connectivity index (χ3v) is 5.43. The highest BCUT2D eigenvalue weighted by molar-refractivity contribution is 5.88. The van der Waals surface area contributed by atoms with Gasteiger partial charge in [0.2, 0.25) is 0 Å². The quantitative estimate of drug-likeness (QED) is 0.360. The number of allylic oxidation sites excluding steroid dienone is 1. The maximum atomic E-state index is 14.1. The lowest BCUT2D eigenvalue weighted by Crippen LogP contribution is -1.99. The Kier molecular flexibility index (Phi) is 5.06. The first-order valence-electron chi connectivity index (χ1n) is 10.0. The number of imidazole rings is 1. The van der Waals surface area contributed by atoms with Gasteiger partial charge < -0.3 is 4.57 Å². The second-order valence-electron chi connectivity index (χ2n) is 7.38. The van der Waals surface area contributed by atoms with Gasteiger partial charge in [-0.2, -0.15) is 0 Å². The van der Waals surface area contributed by atoms with Crippen molar-refractivity contribution in [2.75, 3.05) is 0 Å². The van der Waals surface area contributed by atoms with Crippen molar-refractivity contribution in [3.63, 3.8) is 0 Å². The number of nitrogens with zero attached hydrogens (tertiary/aromatic N) is 2. The molecule has 1 aromatic heterocycles. The smallest absolute Gasteiger partial charge is 0.141 e. The van der Waals surface area contributed by atoms with Crippen LogP contribution in [0.25, 0.3) is 39.4 Å². The van der Waals surface area contributed by atoms with Crippen molar-refractivity contribution >= 4 is 16.9 Å². The topological polar surface area (TPSA) is 17.8 Å². The SMILES string of the molecule is C/C=C(\F)c1ccc2c(c1)nc(-c1ccccc1-c1ccc(C)cc1C)n2CC. The average Bonchev–Trinajstić information content (AvgIpc) is 3.10. The van der Waals surface area contributed by atoms with Crippen LogP contribution >= 0.6 is 0 Å². The normalized spacial score (nSPS) is 12.0. The van der Waals surface area contributed by atoms with Crippen LogP contribution in [0.2, 0.25) is 0 Å². The fraction of sp³-hybridized carbons (Fsp3) is 0.192. The van der Waals surface area contributed by atoms with Crippen LogP contribution in [-0.4, -0.2) is 9.55 Å². The Hall–Kier alpha value is -3.20. The number of aryl methyl sites for hydroxylation is 3. The van der Waals surface area contributed by atoms with Gasteiger partial charge in [0.1, 0.15) is 11.7 Å². The summed E-state index contributed by atoms with van der Waals surface area (Å²) in [7, 11) is 0. The molecule has 4 rings (SSSR count). The van der Waals surface area contributed by atoms with Crippen molar-refractivity contribution in [3.8, 4) is 22.5 Å². The standard InChI is InChI=1S/C26H25FN2/c1-5-23(27)19-12-14-25-24(16-19)28-26(29(25)6-2)22-10-8-7-9-21(22)20-13-11-17(3)15-18(20)4/h5,7-16H,6H2,1-4H3/b23-5-. The number of rotatable bonds is 4. The van der Waals surface area contributed by atoms with Crippen molar-refractivity contribution in [1.82, 2.24) is 9.55 Å². The summed E-state index contributed by atoms with van der Waals surface area (Å²) in [6.07, 6.45) is 1.48. The van der Waals surface area contributed by atoms with Gasteiger partial charge in [0, 0.05) is 17.7 Å². The van der Waals surface area contributed by atoms with E-state index in [1.807, 2.05) is 24.3 Å². The number of hydrogen-bond donors (Lipinski definition) is 0. The fourth-order valence-corrected chi connectivity index (χ4v) is 4.00. The maximum absolute atomic E-state index is 14.1. The Morgan fingerprint density at radius 1 is 0.966 bits per heavy atom. The van der Waals surface area contributed by atoms with Gasteiger partial charge in [-0.05, 0) is 62.6 Å². The van der Waals surface area contributed by atoms with Gasteiger partial charge in [-0.25, -0.2) is 9.37 Å². The van der Waals surface area contributed by atoms with E-state index in [0.29, 0.717) is 5.56 Å². The van der Waals surface area contributed by atoms with Crippen LogP contribution in [-0.2, 0) is 6.54 Å². The van der Waals surface area contributed by atoms with Crippen LogP contribution in [0.3, 0.4) is 0 Å². The zero-order valence-electron chi connectivity index (χ0n) is 17.3. The lowest BCUT2D eigenvalue weighted by atomic mass is 9.94. The third kappa shape index (κ3) is 3.38. The van der Waals surface area contributed by atoms with Crippen LogP contribution in [0.4, 0.5) is 4.39 Å². The summed E-state index contributed by atoms with van der Waals surface area (Å²) in [5.41, 5.74) is 8.35. The molecule has 1 heterocycles. The molecule has 0 spiro atoms. The minimum Gasteiger partial charge on any atom is -0.324 e. The third-order valence-electron chi connectivity index (χ3n) is 5.43. The maximum Gasteiger partial charge on any atom is 0.141 e. The first-order chi connectivity index (χ1) is 14.0. The van der Waals surface area contributed by atoms with E-state index >= 15 is 0 Å². The molecule has 0 unspecified atom stereocenters.